The van der Waals surface area contributed by atoms with Gasteiger partial charge in [0.1, 0.15) is 17.2 Å². The lowest BCUT2D eigenvalue weighted by atomic mass is 10.0. The average Bonchev–Trinajstić information content (AvgIpc) is 2.93. The van der Waals surface area contributed by atoms with E-state index >= 15 is 0 Å². The van der Waals surface area contributed by atoms with Gasteiger partial charge >= 0.3 is 0 Å². The van der Waals surface area contributed by atoms with Gasteiger partial charge in [0.15, 0.2) is 9.84 Å². The van der Waals surface area contributed by atoms with Crippen molar-refractivity contribution >= 4 is 44.2 Å². The fourth-order valence-electron chi connectivity index (χ4n) is 4.13. The number of anilines is 2. The molecule has 0 unspecified atom stereocenters. The molecule has 3 aromatic carbocycles. The second kappa shape index (κ2) is 10.6. The highest BCUT2D eigenvalue weighted by molar-refractivity contribution is 8.00. The Labute approximate surface area is 229 Å². The van der Waals surface area contributed by atoms with E-state index in [9.17, 15) is 17.2 Å². The standard InChI is InChI=1S/C29H24F2N4O2S2/c1-3-39(36,37)23-8-4-18(5-9-23)24-13-20-12-19(6-10-26(20)34-29(24)32)21-14-27(17(2)33-16-21)35-38-28-11-7-22(30)15-25(28)31/h4-16,35H,3H2,1-2H3,(H2,32,34)/p+1. The average molecular weight is 564 g/mol. The van der Waals surface area contributed by atoms with Gasteiger partial charge in [-0.3, -0.25) is 10.7 Å². The van der Waals surface area contributed by atoms with Crippen molar-refractivity contribution in [3.8, 4) is 22.3 Å². The largest absolute Gasteiger partial charge is 0.324 e. The minimum atomic E-state index is -3.29. The number of nitrogens with two attached hydrogens (primary N) is 1. The number of rotatable bonds is 7. The summed E-state index contributed by atoms with van der Waals surface area (Å²) in [5, 5.41) is 0.903. The lowest BCUT2D eigenvalue weighted by molar-refractivity contribution is -0.325. The van der Waals surface area contributed by atoms with Crippen molar-refractivity contribution in [2.24, 2.45) is 0 Å². The van der Waals surface area contributed by atoms with Crippen LogP contribution in [0.1, 0.15) is 12.6 Å². The first kappa shape index (κ1) is 26.6. The van der Waals surface area contributed by atoms with E-state index in [-0.39, 0.29) is 15.5 Å². The number of halogens is 2. The van der Waals surface area contributed by atoms with Crippen molar-refractivity contribution in [3.63, 3.8) is 0 Å². The van der Waals surface area contributed by atoms with Crippen LogP contribution in [-0.2, 0) is 9.84 Å². The van der Waals surface area contributed by atoms with Gasteiger partial charge in [-0.15, -0.1) is 0 Å². The Morgan fingerprint density at radius 2 is 1.69 bits per heavy atom. The zero-order chi connectivity index (χ0) is 27.7. The van der Waals surface area contributed by atoms with Crippen molar-refractivity contribution in [3.05, 3.63) is 96.3 Å². The Balaban J connectivity index is 1.46. The molecule has 0 aliphatic carbocycles. The van der Waals surface area contributed by atoms with Crippen LogP contribution >= 0.6 is 11.9 Å². The fraction of sp³-hybridized carbons (Fsp3) is 0.103. The molecule has 0 fully saturated rings. The van der Waals surface area contributed by atoms with Crippen LogP contribution in [0.4, 0.5) is 20.3 Å². The van der Waals surface area contributed by atoms with Gasteiger partial charge in [-0.05, 0) is 78.5 Å². The molecule has 2 heterocycles. The topological polar surface area (TPSA) is 99.2 Å². The maximum Gasteiger partial charge on any atom is 0.278 e. The summed E-state index contributed by atoms with van der Waals surface area (Å²) in [6.07, 6.45) is 1.76. The molecule has 5 rings (SSSR count). The summed E-state index contributed by atoms with van der Waals surface area (Å²) < 4.78 is 54.8. The number of pyridine rings is 2. The highest BCUT2D eigenvalue weighted by Gasteiger charge is 2.15. The molecule has 39 heavy (non-hydrogen) atoms. The maximum absolute atomic E-state index is 14.1. The summed E-state index contributed by atoms with van der Waals surface area (Å²) >= 11 is 1.05. The van der Waals surface area contributed by atoms with Gasteiger partial charge in [-0.2, -0.15) is 0 Å². The number of benzene rings is 3. The Morgan fingerprint density at radius 1 is 0.949 bits per heavy atom. The predicted molar refractivity (Wildman–Crippen MR) is 152 cm³/mol. The molecule has 0 saturated heterocycles. The Kier molecular flexibility index (Phi) is 7.24. The van der Waals surface area contributed by atoms with E-state index in [1.54, 1.807) is 37.4 Å². The van der Waals surface area contributed by atoms with Crippen molar-refractivity contribution in [2.75, 3.05) is 16.2 Å². The van der Waals surface area contributed by atoms with Crippen molar-refractivity contribution in [2.45, 2.75) is 23.6 Å². The molecule has 198 valence electrons. The summed E-state index contributed by atoms with van der Waals surface area (Å²) in [4.78, 5) is 8.26. The SMILES string of the molecule is CCS(=O)(=O)c1ccc(-c2cc3cc(-c4cnc(C)c(NSc5ccc(F)cc5F)c4)ccc3[nH+]c2N)cc1. The van der Waals surface area contributed by atoms with E-state index in [1.165, 1.54) is 12.1 Å². The number of nitrogens with one attached hydrogen (secondary N) is 2. The molecule has 0 spiro atoms. The number of fused-ring (bicyclic) bond motifs is 1. The smallest absolute Gasteiger partial charge is 0.278 e. The van der Waals surface area contributed by atoms with Crippen LogP contribution in [0, 0.1) is 18.6 Å². The van der Waals surface area contributed by atoms with Crippen molar-refractivity contribution < 1.29 is 22.2 Å². The first-order valence-electron chi connectivity index (χ1n) is 12.1. The fourth-order valence-corrected chi connectivity index (χ4v) is 5.73. The summed E-state index contributed by atoms with van der Waals surface area (Å²) in [6, 6.07) is 19.9. The lowest BCUT2D eigenvalue weighted by Crippen LogP contribution is -2.13. The van der Waals surface area contributed by atoms with E-state index in [2.05, 4.69) is 14.7 Å². The molecule has 0 bridgehead atoms. The number of nitrogen functional groups attached to an aromatic ring is 1. The molecule has 0 aliphatic heterocycles. The van der Waals surface area contributed by atoms with Crippen molar-refractivity contribution in [1.29, 1.82) is 0 Å². The van der Waals surface area contributed by atoms with Gasteiger partial charge in [0.05, 0.1) is 32.5 Å². The highest BCUT2D eigenvalue weighted by atomic mass is 32.2. The Morgan fingerprint density at radius 3 is 2.41 bits per heavy atom. The number of aryl methyl sites for hydroxylation is 1. The Bertz CT molecular complexity index is 1810. The molecule has 0 aliphatic rings. The predicted octanol–water partition coefficient (Wildman–Crippen LogP) is 6.46. The molecule has 0 saturated carbocycles. The third-order valence-corrected chi connectivity index (χ3v) is 9.02. The minimum Gasteiger partial charge on any atom is -0.324 e. The van der Waals surface area contributed by atoms with Crippen molar-refractivity contribution in [1.82, 2.24) is 4.98 Å². The molecule has 4 N–H and O–H groups in total. The van der Waals surface area contributed by atoms with Gasteiger partial charge in [-0.25, -0.2) is 22.2 Å². The number of hydrogen-bond acceptors (Lipinski definition) is 6. The van der Waals surface area contributed by atoms with E-state index in [0.29, 0.717) is 11.5 Å². The number of nitrogens with zero attached hydrogens (tertiary/aromatic N) is 1. The summed E-state index contributed by atoms with van der Waals surface area (Å²) in [5.74, 6) is -0.767. The number of sulfone groups is 1. The van der Waals surface area contributed by atoms with Crippen LogP contribution in [0.5, 0.6) is 0 Å². The number of aromatic nitrogens is 2. The van der Waals surface area contributed by atoms with E-state index in [0.717, 1.165) is 56.9 Å². The molecule has 10 heteroatoms. The van der Waals surface area contributed by atoms with Gasteiger partial charge in [-0.1, -0.05) is 25.1 Å². The van der Waals surface area contributed by atoms with Crippen LogP contribution in [0.3, 0.4) is 0 Å². The molecular formula is C29H25F2N4O2S2+. The summed E-state index contributed by atoms with van der Waals surface area (Å²) in [6.45, 7) is 3.46. The molecule has 6 nitrogen and oxygen atoms in total. The summed E-state index contributed by atoms with van der Waals surface area (Å²) in [7, 11) is -3.29. The quantitative estimate of drug-likeness (QED) is 0.220. The van der Waals surface area contributed by atoms with Crippen LogP contribution in [-0.4, -0.2) is 19.2 Å². The molecule has 5 aromatic rings. The summed E-state index contributed by atoms with van der Waals surface area (Å²) in [5.41, 5.74) is 11.9. The van der Waals surface area contributed by atoms with Crippen LogP contribution in [0.15, 0.2) is 88.8 Å². The van der Waals surface area contributed by atoms with Gasteiger partial charge in [0.25, 0.3) is 5.82 Å². The maximum atomic E-state index is 14.1. The molecule has 0 radical (unpaired) electrons. The lowest BCUT2D eigenvalue weighted by Gasteiger charge is -2.11. The highest BCUT2D eigenvalue weighted by Crippen LogP contribution is 2.32. The minimum absolute atomic E-state index is 0.0356. The van der Waals surface area contributed by atoms with Crippen LogP contribution in [0.2, 0.25) is 0 Å². The van der Waals surface area contributed by atoms with Gasteiger partial charge in [0.2, 0.25) is 0 Å². The van der Waals surface area contributed by atoms with Gasteiger partial charge < -0.3 is 4.72 Å². The second-order valence-corrected chi connectivity index (χ2v) is 12.1. The van der Waals surface area contributed by atoms with E-state index in [4.69, 9.17) is 5.73 Å². The first-order chi connectivity index (χ1) is 18.6. The molecule has 2 aromatic heterocycles. The van der Waals surface area contributed by atoms with Gasteiger partial charge in [0, 0.05) is 23.2 Å². The number of aromatic amines is 1. The Hall–Kier alpha value is -4.02. The monoisotopic (exact) mass is 563 g/mol. The molecular weight excluding hydrogens is 538 g/mol. The normalized spacial score (nSPS) is 11.6. The van der Waals surface area contributed by atoms with Crippen LogP contribution < -0.4 is 15.4 Å². The first-order valence-corrected chi connectivity index (χ1v) is 14.5. The third kappa shape index (κ3) is 5.57. The zero-order valence-corrected chi connectivity index (χ0v) is 22.8. The zero-order valence-electron chi connectivity index (χ0n) is 21.1. The number of hydrogen-bond donors (Lipinski definition) is 2. The van der Waals surface area contributed by atoms with Crippen LogP contribution in [0.25, 0.3) is 33.2 Å². The molecule has 0 amide bonds. The van der Waals surface area contributed by atoms with E-state index < -0.39 is 21.5 Å². The molecule has 0 atom stereocenters. The second-order valence-electron chi connectivity index (χ2n) is 8.96. The number of H-pyrrole nitrogens is 1. The third-order valence-electron chi connectivity index (χ3n) is 6.40. The van der Waals surface area contributed by atoms with E-state index in [1.807, 2.05) is 37.3 Å².